The van der Waals surface area contributed by atoms with Crippen LogP contribution in [0.2, 0.25) is 0 Å². The molecule has 5 rings (SSSR count). The fourth-order valence-electron chi connectivity index (χ4n) is 4.08. The van der Waals surface area contributed by atoms with Crippen molar-refractivity contribution >= 4 is 22.6 Å². The molecule has 0 aliphatic carbocycles. The lowest BCUT2D eigenvalue weighted by Crippen LogP contribution is -2.34. The highest BCUT2D eigenvalue weighted by molar-refractivity contribution is 5.99. The molecule has 4 aromatic rings. The molecule has 0 spiro atoms. The Hall–Kier alpha value is -4.42. The van der Waals surface area contributed by atoms with E-state index >= 15 is 0 Å². The molecule has 9 heteroatoms. The van der Waals surface area contributed by atoms with Crippen LogP contribution in [0.15, 0.2) is 55.0 Å². The molecule has 9 nitrogen and oxygen atoms in total. The molecule has 1 aromatic carbocycles. The van der Waals surface area contributed by atoms with Gasteiger partial charge in [-0.3, -0.25) is 9.78 Å². The molecule has 34 heavy (non-hydrogen) atoms. The van der Waals surface area contributed by atoms with Gasteiger partial charge in [-0.15, -0.1) is 0 Å². The van der Waals surface area contributed by atoms with Gasteiger partial charge in [-0.1, -0.05) is 0 Å². The van der Waals surface area contributed by atoms with E-state index in [-0.39, 0.29) is 12.5 Å². The summed E-state index contributed by atoms with van der Waals surface area (Å²) in [6.07, 6.45) is 4.80. The highest BCUT2D eigenvalue weighted by Crippen LogP contribution is 2.32. The number of anilines is 1. The van der Waals surface area contributed by atoms with E-state index in [1.165, 1.54) is 6.20 Å². The molecule has 0 bridgehead atoms. The van der Waals surface area contributed by atoms with Gasteiger partial charge in [0.1, 0.15) is 17.7 Å². The van der Waals surface area contributed by atoms with E-state index in [0.717, 1.165) is 22.0 Å². The van der Waals surface area contributed by atoms with Crippen molar-refractivity contribution in [3.8, 4) is 6.07 Å². The number of carbonyl (C=O) groups excluding carboxylic acids is 1. The second kappa shape index (κ2) is 8.84. The first-order chi connectivity index (χ1) is 16.5. The predicted molar refractivity (Wildman–Crippen MR) is 124 cm³/mol. The number of carbonyl (C=O) groups is 1. The fraction of sp³-hybridized carbons (Fsp3) is 0.200. The van der Waals surface area contributed by atoms with Crippen molar-refractivity contribution in [3.05, 3.63) is 88.8 Å². The van der Waals surface area contributed by atoms with Crippen LogP contribution < -0.4 is 5.73 Å². The molecule has 0 saturated heterocycles. The van der Waals surface area contributed by atoms with Gasteiger partial charge in [-0.2, -0.15) is 5.26 Å². The highest BCUT2D eigenvalue weighted by Gasteiger charge is 2.27. The Morgan fingerprint density at radius 1 is 1.18 bits per heavy atom. The maximum absolute atomic E-state index is 13.8. The number of rotatable bonds is 5. The molecular formula is C25H21N7O2. The van der Waals surface area contributed by atoms with Crippen LogP contribution in [-0.2, 0) is 24.5 Å². The Labute approximate surface area is 195 Å². The van der Waals surface area contributed by atoms with Crippen LogP contribution in [-0.4, -0.2) is 30.7 Å². The van der Waals surface area contributed by atoms with Gasteiger partial charge in [0.2, 0.25) is 0 Å². The lowest BCUT2D eigenvalue weighted by molar-refractivity contribution is 0.0663. The number of aromatic nitrogens is 4. The first-order valence-corrected chi connectivity index (χ1v) is 10.8. The van der Waals surface area contributed by atoms with Gasteiger partial charge in [0, 0.05) is 35.1 Å². The molecule has 0 saturated carbocycles. The Bertz CT molecular complexity index is 1420. The van der Waals surface area contributed by atoms with E-state index < -0.39 is 6.04 Å². The molecule has 2 N–H and O–H groups in total. The standard InChI is InChI=1S/C25H21N7O2/c1-15(24-28-7-2-8-29-24)32(12-18-5-3-16(10-26)11-30-18)25(33)17-4-6-22-19(9-17)20-13-34-14-21(20)23(27)31-22/h2-9,11,15H,12-14H2,1H3,(H2,27,31)/t15-/m0/s1. The molecule has 3 aromatic heterocycles. The second-order valence-electron chi connectivity index (χ2n) is 8.04. The minimum Gasteiger partial charge on any atom is -0.383 e. The minimum atomic E-state index is -0.416. The summed E-state index contributed by atoms with van der Waals surface area (Å²) in [6.45, 7) is 2.96. The van der Waals surface area contributed by atoms with Gasteiger partial charge in [0.15, 0.2) is 0 Å². The predicted octanol–water partition coefficient (Wildman–Crippen LogP) is 3.31. The van der Waals surface area contributed by atoms with Gasteiger partial charge in [0.25, 0.3) is 5.91 Å². The zero-order valence-corrected chi connectivity index (χ0v) is 18.5. The number of pyridine rings is 2. The number of nitrogens with zero attached hydrogens (tertiary/aromatic N) is 6. The maximum Gasteiger partial charge on any atom is 0.254 e. The third kappa shape index (κ3) is 3.91. The van der Waals surface area contributed by atoms with E-state index in [9.17, 15) is 4.79 Å². The summed E-state index contributed by atoms with van der Waals surface area (Å²) in [4.78, 5) is 33.0. The average molecular weight is 451 g/mol. The summed E-state index contributed by atoms with van der Waals surface area (Å²) in [5.41, 5.74) is 10.3. The van der Waals surface area contributed by atoms with E-state index in [1.54, 1.807) is 47.6 Å². The van der Waals surface area contributed by atoms with Crippen molar-refractivity contribution in [2.75, 3.05) is 5.73 Å². The summed E-state index contributed by atoms with van der Waals surface area (Å²) >= 11 is 0. The number of hydrogen-bond donors (Lipinski definition) is 1. The minimum absolute atomic E-state index is 0.197. The van der Waals surface area contributed by atoms with Crippen LogP contribution in [0.4, 0.5) is 5.82 Å². The summed E-state index contributed by atoms with van der Waals surface area (Å²) in [7, 11) is 0. The summed E-state index contributed by atoms with van der Waals surface area (Å²) in [5.74, 6) is 0.786. The molecule has 1 amide bonds. The van der Waals surface area contributed by atoms with E-state index in [2.05, 4.69) is 26.0 Å². The van der Waals surface area contributed by atoms with E-state index in [1.807, 2.05) is 13.0 Å². The molecule has 168 valence electrons. The van der Waals surface area contributed by atoms with Crippen molar-refractivity contribution in [2.24, 2.45) is 0 Å². The summed E-state index contributed by atoms with van der Waals surface area (Å²) in [5, 5.41) is 9.92. The molecule has 1 atom stereocenters. The van der Waals surface area contributed by atoms with Gasteiger partial charge in [-0.05, 0) is 48.9 Å². The van der Waals surface area contributed by atoms with Gasteiger partial charge in [0.05, 0.1) is 42.6 Å². The number of ether oxygens (including phenoxy) is 1. The normalized spacial score (nSPS) is 13.3. The first-order valence-electron chi connectivity index (χ1n) is 10.8. The number of hydrogen-bond acceptors (Lipinski definition) is 8. The van der Waals surface area contributed by atoms with Gasteiger partial charge < -0.3 is 15.4 Å². The van der Waals surface area contributed by atoms with Crippen molar-refractivity contribution in [2.45, 2.75) is 32.7 Å². The first kappa shape index (κ1) is 21.4. The molecular weight excluding hydrogens is 430 g/mol. The number of benzene rings is 1. The SMILES string of the molecule is C[C@@H](c1ncccn1)N(Cc1ccc(C#N)cn1)C(=O)c1ccc2nc(N)c3c(c2c1)COC3. The van der Waals surface area contributed by atoms with Crippen molar-refractivity contribution in [1.82, 2.24) is 24.8 Å². The summed E-state index contributed by atoms with van der Waals surface area (Å²) < 4.78 is 5.58. The molecule has 1 aliphatic rings. The number of nitrogens with two attached hydrogens (primary N) is 1. The second-order valence-corrected chi connectivity index (χ2v) is 8.04. The van der Waals surface area contributed by atoms with Gasteiger partial charge in [-0.25, -0.2) is 15.0 Å². The Morgan fingerprint density at radius 2 is 1.97 bits per heavy atom. The van der Waals surface area contributed by atoms with E-state index in [0.29, 0.717) is 41.7 Å². The van der Waals surface area contributed by atoms with Crippen LogP contribution in [0.25, 0.3) is 10.9 Å². The number of nitriles is 1. The molecule has 1 aliphatic heterocycles. The molecule has 0 fully saturated rings. The molecule has 4 heterocycles. The van der Waals surface area contributed by atoms with Crippen molar-refractivity contribution in [1.29, 1.82) is 5.26 Å². The van der Waals surface area contributed by atoms with Crippen LogP contribution in [0.5, 0.6) is 0 Å². The third-order valence-electron chi connectivity index (χ3n) is 5.95. The zero-order valence-electron chi connectivity index (χ0n) is 18.5. The quantitative estimate of drug-likeness (QED) is 0.489. The van der Waals surface area contributed by atoms with Crippen LogP contribution in [0.1, 0.15) is 51.5 Å². The maximum atomic E-state index is 13.8. The molecule has 0 unspecified atom stereocenters. The number of nitrogen functional groups attached to an aromatic ring is 1. The van der Waals surface area contributed by atoms with Crippen LogP contribution >= 0.6 is 0 Å². The fourth-order valence-corrected chi connectivity index (χ4v) is 4.08. The largest absolute Gasteiger partial charge is 0.383 e. The monoisotopic (exact) mass is 451 g/mol. The third-order valence-corrected chi connectivity index (χ3v) is 5.95. The lowest BCUT2D eigenvalue weighted by atomic mass is 10.0. The van der Waals surface area contributed by atoms with Crippen LogP contribution in [0, 0.1) is 11.3 Å². The topological polar surface area (TPSA) is 131 Å². The van der Waals surface area contributed by atoms with E-state index in [4.69, 9.17) is 15.7 Å². The Morgan fingerprint density at radius 3 is 2.71 bits per heavy atom. The van der Waals surface area contributed by atoms with Crippen LogP contribution in [0.3, 0.4) is 0 Å². The number of fused-ring (bicyclic) bond motifs is 3. The van der Waals surface area contributed by atoms with Crippen molar-refractivity contribution in [3.63, 3.8) is 0 Å². The Kier molecular flexibility index (Phi) is 5.57. The summed E-state index contributed by atoms with van der Waals surface area (Å²) in [6, 6.07) is 12.2. The Balaban J connectivity index is 1.55. The molecule has 0 radical (unpaired) electrons. The zero-order chi connectivity index (χ0) is 23.7. The van der Waals surface area contributed by atoms with Gasteiger partial charge >= 0.3 is 0 Å². The average Bonchev–Trinajstić information content (AvgIpc) is 3.38. The smallest absolute Gasteiger partial charge is 0.254 e. The van der Waals surface area contributed by atoms with Crippen molar-refractivity contribution < 1.29 is 9.53 Å². The number of amides is 1. The lowest BCUT2D eigenvalue weighted by Gasteiger charge is -2.28. The highest BCUT2D eigenvalue weighted by atomic mass is 16.5.